The first-order valence-electron chi connectivity index (χ1n) is 6.51. The average Bonchev–Trinajstić information content (AvgIpc) is 2.89. The Morgan fingerprint density at radius 1 is 1.55 bits per heavy atom. The van der Waals surface area contributed by atoms with Gasteiger partial charge in [0.2, 0.25) is 0 Å². The normalized spacial score (nSPS) is 22.4. The van der Waals surface area contributed by atoms with E-state index in [1.807, 2.05) is 17.9 Å². The second-order valence-electron chi connectivity index (χ2n) is 4.86. The molecule has 6 heteroatoms. The van der Waals surface area contributed by atoms with Crippen LogP contribution in [-0.4, -0.2) is 41.8 Å². The van der Waals surface area contributed by atoms with Crippen molar-refractivity contribution in [2.24, 2.45) is 5.92 Å². The van der Waals surface area contributed by atoms with Crippen LogP contribution in [0.5, 0.6) is 0 Å². The topological polar surface area (TPSA) is 49.8 Å². The van der Waals surface area contributed by atoms with Gasteiger partial charge in [-0.25, -0.2) is 4.39 Å². The zero-order valence-corrected chi connectivity index (χ0v) is 12.8. The maximum Gasteiger partial charge on any atom is 0.310 e. The second kappa shape index (κ2) is 6.65. The third-order valence-corrected chi connectivity index (χ3v) is 4.26. The van der Waals surface area contributed by atoms with E-state index in [2.05, 4.69) is 15.9 Å². The number of likely N-dealkylation sites (N-methyl/N-ethyl adjacent to an activating group) is 1. The van der Waals surface area contributed by atoms with Gasteiger partial charge in [-0.2, -0.15) is 0 Å². The number of carbonyl (C=O) groups is 1. The summed E-state index contributed by atoms with van der Waals surface area (Å²) in [4.78, 5) is 13.2. The highest BCUT2D eigenvalue weighted by atomic mass is 79.9. The van der Waals surface area contributed by atoms with Gasteiger partial charge in [0.25, 0.3) is 0 Å². The van der Waals surface area contributed by atoms with E-state index in [4.69, 9.17) is 4.74 Å². The monoisotopic (exact) mass is 345 g/mol. The van der Waals surface area contributed by atoms with Crippen LogP contribution in [-0.2, 0) is 16.1 Å². The zero-order valence-electron chi connectivity index (χ0n) is 11.2. The summed E-state index contributed by atoms with van der Waals surface area (Å²) in [5.41, 5.74) is 0.823. The minimum atomic E-state index is -0.840. The van der Waals surface area contributed by atoms with E-state index >= 15 is 0 Å². The Balaban J connectivity index is 2.12. The van der Waals surface area contributed by atoms with Gasteiger partial charge in [0.1, 0.15) is 5.82 Å². The van der Waals surface area contributed by atoms with Gasteiger partial charge in [0, 0.05) is 12.6 Å². The van der Waals surface area contributed by atoms with Crippen molar-refractivity contribution in [3.63, 3.8) is 0 Å². The highest BCUT2D eigenvalue weighted by Gasteiger charge is 2.37. The summed E-state index contributed by atoms with van der Waals surface area (Å²) < 4.78 is 19.2. The molecule has 0 amide bonds. The Morgan fingerprint density at radius 2 is 2.30 bits per heavy atom. The van der Waals surface area contributed by atoms with Crippen LogP contribution in [0.4, 0.5) is 4.39 Å². The average molecular weight is 346 g/mol. The molecule has 1 fully saturated rings. The van der Waals surface area contributed by atoms with Gasteiger partial charge in [-0.3, -0.25) is 9.69 Å². The predicted molar refractivity (Wildman–Crippen MR) is 75.9 cm³/mol. The highest BCUT2D eigenvalue weighted by Crippen LogP contribution is 2.23. The summed E-state index contributed by atoms with van der Waals surface area (Å²) in [7, 11) is 0. The van der Waals surface area contributed by atoms with Crippen molar-refractivity contribution in [3.05, 3.63) is 34.1 Å². The molecule has 1 aromatic carbocycles. The van der Waals surface area contributed by atoms with Gasteiger partial charge in [-0.05, 0) is 40.2 Å². The van der Waals surface area contributed by atoms with Gasteiger partial charge < -0.3 is 9.84 Å². The van der Waals surface area contributed by atoms with Crippen molar-refractivity contribution >= 4 is 21.9 Å². The number of halogens is 2. The van der Waals surface area contributed by atoms with Crippen molar-refractivity contribution < 1.29 is 19.0 Å². The molecule has 4 nitrogen and oxygen atoms in total. The Kier molecular flexibility index (Phi) is 5.12. The highest BCUT2D eigenvalue weighted by molar-refractivity contribution is 9.10. The molecule has 0 bridgehead atoms. The quantitative estimate of drug-likeness (QED) is 0.890. The van der Waals surface area contributed by atoms with E-state index in [9.17, 15) is 14.3 Å². The molecule has 0 aromatic heterocycles. The third-order valence-electron chi connectivity index (χ3n) is 3.61. The molecule has 0 aliphatic carbocycles. The Morgan fingerprint density at radius 3 is 2.90 bits per heavy atom. The van der Waals surface area contributed by atoms with Crippen LogP contribution < -0.4 is 0 Å². The maximum atomic E-state index is 13.5. The molecule has 20 heavy (non-hydrogen) atoms. The lowest BCUT2D eigenvalue weighted by Crippen LogP contribution is -2.42. The second-order valence-corrected chi connectivity index (χ2v) is 5.72. The van der Waals surface area contributed by atoms with E-state index in [1.54, 1.807) is 6.07 Å². The lowest BCUT2D eigenvalue weighted by molar-refractivity contribution is -0.143. The van der Waals surface area contributed by atoms with Crippen molar-refractivity contribution in [1.29, 1.82) is 0 Å². The van der Waals surface area contributed by atoms with Gasteiger partial charge in [0.05, 0.1) is 23.6 Å². The van der Waals surface area contributed by atoms with Crippen LogP contribution in [0.2, 0.25) is 0 Å². The van der Waals surface area contributed by atoms with E-state index in [-0.39, 0.29) is 18.5 Å². The van der Waals surface area contributed by atoms with Crippen LogP contribution in [0.25, 0.3) is 0 Å². The molecule has 0 radical (unpaired) electrons. The summed E-state index contributed by atoms with van der Waals surface area (Å²) >= 11 is 3.12. The number of rotatable bonds is 5. The molecular weight excluding hydrogens is 329 g/mol. The SMILES string of the molecule is CCN(Cc1ccc(Br)c(F)c1)C1COCC1C(=O)O. The molecule has 1 saturated heterocycles. The van der Waals surface area contributed by atoms with Gasteiger partial charge >= 0.3 is 5.97 Å². The lowest BCUT2D eigenvalue weighted by Gasteiger charge is -2.29. The molecule has 1 N–H and O–H groups in total. The molecule has 1 aliphatic rings. The molecular formula is C14H17BrFNO3. The Bertz CT molecular complexity index is 497. The van der Waals surface area contributed by atoms with Crippen molar-refractivity contribution in [1.82, 2.24) is 4.90 Å². The van der Waals surface area contributed by atoms with Gasteiger partial charge in [0.15, 0.2) is 0 Å². The lowest BCUT2D eigenvalue weighted by atomic mass is 10.0. The summed E-state index contributed by atoms with van der Waals surface area (Å²) in [5, 5.41) is 9.20. The summed E-state index contributed by atoms with van der Waals surface area (Å²) in [5.74, 6) is -1.67. The fourth-order valence-corrected chi connectivity index (χ4v) is 2.72. The minimum absolute atomic E-state index is 0.163. The van der Waals surface area contributed by atoms with Crippen LogP contribution in [0, 0.1) is 11.7 Å². The maximum absolute atomic E-state index is 13.5. The molecule has 2 rings (SSSR count). The minimum Gasteiger partial charge on any atom is -0.481 e. The predicted octanol–water partition coefficient (Wildman–Crippen LogP) is 2.51. The van der Waals surface area contributed by atoms with Crippen molar-refractivity contribution in [2.75, 3.05) is 19.8 Å². The Labute approximate surface area is 125 Å². The summed E-state index contributed by atoms with van der Waals surface area (Å²) in [6, 6.07) is 4.81. The molecule has 1 aromatic rings. The van der Waals surface area contributed by atoms with E-state index < -0.39 is 11.9 Å². The molecule has 0 spiro atoms. The van der Waals surface area contributed by atoms with Crippen LogP contribution in [0.1, 0.15) is 12.5 Å². The smallest absolute Gasteiger partial charge is 0.310 e. The Hall–Kier alpha value is -0.980. The number of hydrogen-bond donors (Lipinski definition) is 1. The first kappa shape index (κ1) is 15.4. The fraction of sp³-hybridized carbons (Fsp3) is 0.500. The van der Waals surface area contributed by atoms with E-state index in [0.29, 0.717) is 24.2 Å². The standard InChI is InChI=1S/C14H17BrFNO3/c1-2-17(13-8-20-7-10(13)14(18)19)6-9-3-4-11(15)12(16)5-9/h3-5,10,13H,2,6-8H2,1H3,(H,18,19). The van der Waals surface area contributed by atoms with Crippen LogP contribution in [0.15, 0.2) is 22.7 Å². The number of nitrogens with zero attached hydrogens (tertiary/aromatic N) is 1. The van der Waals surface area contributed by atoms with Crippen LogP contribution >= 0.6 is 15.9 Å². The van der Waals surface area contributed by atoms with Gasteiger partial charge in [-0.1, -0.05) is 13.0 Å². The molecule has 110 valence electrons. The van der Waals surface area contributed by atoms with Crippen molar-refractivity contribution in [3.8, 4) is 0 Å². The third kappa shape index (κ3) is 3.37. The molecule has 0 saturated carbocycles. The number of aliphatic carboxylic acids is 1. The number of carboxylic acid groups (broad SMARTS) is 1. The number of carboxylic acids is 1. The molecule has 1 heterocycles. The number of ether oxygens (including phenoxy) is 1. The van der Waals surface area contributed by atoms with E-state index in [1.165, 1.54) is 6.07 Å². The van der Waals surface area contributed by atoms with Crippen LogP contribution in [0.3, 0.4) is 0 Å². The zero-order chi connectivity index (χ0) is 14.7. The molecule has 2 atom stereocenters. The fourth-order valence-electron chi connectivity index (χ4n) is 2.47. The first-order chi connectivity index (χ1) is 9.52. The number of hydrogen-bond acceptors (Lipinski definition) is 3. The molecule has 1 aliphatic heterocycles. The largest absolute Gasteiger partial charge is 0.481 e. The molecule has 2 unspecified atom stereocenters. The summed E-state index contributed by atoms with van der Waals surface area (Å²) in [6.07, 6.45) is 0. The van der Waals surface area contributed by atoms with Gasteiger partial charge in [-0.15, -0.1) is 0 Å². The summed E-state index contributed by atoms with van der Waals surface area (Å²) in [6.45, 7) is 3.81. The van der Waals surface area contributed by atoms with Crippen molar-refractivity contribution in [2.45, 2.75) is 19.5 Å². The van der Waals surface area contributed by atoms with E-state index in [0.717, 1.165) is 5.56 Å². The first-order valence-corrected chi connectivity index (χ1v) is 7.30. The number of benzene rings is 1.